The fourth-order valence-electron chi connectivity index (χ4n) is 1.52. The summed E-state index contributed by atoms with van der Waals surface area (Å²) in [6, 6.07) is 0. The van der Waals surface area contributed by atoms with E-state index in [4.69, 9.17) is 6.42 Å². The average Bonchev–Trinajstić information content (AvgIpc) is 2.59. The summed E-state index contributed by atoms with van der Waals surface area (Å²) in [7, 11) is 0. The van der Waals surface area contributed by atoms with E-state index in [1.807, 2.05) is 0 Å². The molecular weight excluding hydrogens is 146 g/mol. The van der Waals surface area contributed by atoms with Crippen LogP contribution in [0.15, 0.2) is 0 Å². The smallest absolute Gasteiger partial charge is 0.00981 e. The highest BCUT2D eigenvalue weighted by Gasteiger charge is 2.44. The minimum absolute atomic E-state index is 0.610. The first-order valence-corrected chi connectivity index (χ1v) is 4.81. The molecule has 1 heteroatoms. The van der Waals surface area contributed by atoms with Gasteiger partial charge in [0, 0.05) is 6.42 Å². The van der Waals surface area contributed by atoms with Crippen LogP contribution in [0.3, 0.4) is 0 Å². The molecule has 1 N–H and O–H groups in total. The third-order valence-electron chi connectivity index (χ3n) is 2.78. The van der Waals surface area contributed by atoms with Gasteiger partial charge in [0.15, 0.2) is 0 Å². The summed E-state index contributed by atoms with van der Waals surface area (Å²) in [5.74, 6) is 3.55. The molecule has 0 aromatic heterocycles. The Bertz CT molecular complexity index is 176. The molecule has 0 spiro atoms. The Hall–Kier alpha value is -0.480. The van der Waals surface area contributed by atoms with Crippen LogP contribution < -0.4 is 5.32 Å². The Morgan fingerprint density at radius 1 is 1.58 bits per heavy atom. The van der Waals surface area contributed by atoms with Gasteiger partial charge in [0.25, 0.3) is 0 Å². The van der Waals surface area contributed by atoms with E-state index in [-0.39, 0.29) is 0 Å². The Morgan fingerprint density at radius 2 is 2.25 bits per heavy atom. The molecule has 0 radical (unpaired) electrons. The lowest BCUT2D eigenvalue weighted by Gasteiger charge is -2.04. The molecule has 1 nitrogen and oxygen atoms in total. The molecule has 68 valence electrons. The molecule has 0 saturated heterocycles. The molecule has 0 aromatic rings. The molecule has 1 saturated carbocycles. The third-order valence-corrected chi connectivity index (χ3v) is 2.78. The molecule has 1 aliphatic rings. The fourth-order valence-corrected chi connectivity index (χ4v) is 1.52. The Kier molecular flexibility index (Phi) is 3.17. The van der Waals surface area contributed by atoms with Gasteiger partial charge in [0.05, 0.1) is 0 Å². The van der Waals surface area contributed by atoms with Crippen molar-refractivity contribution in [3.63, 3.8) is 0 Å². The summed E-state index contributed by atoms with van der Waals surface area (Å²) in [5.41, 5.74) is 0.610. The zero-order chi connectivity index (χ0) is 9.03. The van der Waals surface area contributed by atoms with Crippen molar-refractivity contribution in [3.05, 3.63) is 0 Å². The number of rotatable bonds is 5. The van der Waals surface area contributed by atoms with E-state index in [2.05, 4.69) is 25.1 Å². The van der Waals surface area contributed by atoms with Crippen LogP contribution in [0.4, 0.5) is 0 Å². The fraction of sp³-hybridized carbons (Fsp3) is 0.818. The van der Waals surface area contributed by atoms with Crippen LogP contribution in [-0.2, 0) is 0 Å². The first-order chi connectivity index (χ1) is 5.67. The van der Waals surface area contributed by atoms with E-state index in [1.165, 1.54) is 13.0 Å². The highest BCUT2D eigenvalue weighted by molar-refractivity contribution is 4.96. The summed E-state index contributed by atoms with van der Waals surface area (Å²) in [6.07, 6.45) is 8.55. The van der Waals surface area contributed by atoms with Crippen LogP contribution in [0, 0.1) is 23.7 Å². The summed E-state index contributed by atoms with van der Waals surface area (Å²) in [6.45, 7) is 6.93. The minimum atomic E-state index is 0.610. The number of nitrogens with one attached hydrogen (secondary N) is 1. The molecule has 1 aliphatic carbocycles. The lowest BCUT2D eigenvalue weighted by atomic mass is 10.1. The van der Waals surface area contributed by atoms with Crippen LogP contribution in [0.5, 0.6) is 0 Å². The molecule has 1 unspecified atom stereocenters. The molecule has 12 heavy (non-hydrogen) atoms. The summed E-state index contributed by atoms with van der Waals surface area (Å²) < 4.78 is 0. The quantitative estimate of drug-likeness (QED) is 0.485. The van der Waals surface area contributed by atoms with Crippen LogP contribution in [0.2, 0.25) is 0 Å². The highest BCUT2D eigenvalue weighted by atomic mass is 14.9. The van der Waals surface area contributed by atoms with E-state index in [9.17, 15) is 0 Å². The van der Waals surface area contributed by atoms with E-state index < -0.39 is 0 Å². The van der Waals surface area contributed by atoms with Gasteiger partial charge in [-0.15, -0.1) is 12.3 Å². The predicted octanol–water partition coefficient (Wildman–Crippen LogP) is 2.04. The van der Waals surface area contributed by atoms with Crippen molar-refractivity contribution in [1.82, 2.24) is 5.32 Å². The average molecular weight is 165 g/mol. The van der Waals surface area contributed by atoms with Crippen LogP contribution in [0.1, 0.15) is 33.1 Å². The van der Waals surface area contributed by atoms with Crippen molar-refractivity contribution in [2.24, 2.45) is 11.3 Å². The standard InChI is InChI=1S/C11H19N/c1-4-5-6-7-12-9-10-8-11(10,2)3/h1,10,12H,5-9H2,2-3H3. The molecule has 0 aromatic carbocycles. The Labute approximate surface area is 75.9 Å². The van der Waals surface area contributed by atoms with E-state index in [0.29, 0.717) is 5.41 Å². The van der Waals surface area contributed by atoms with Crippen molar-refractivity contribution >= 4 is 0 Å². The summed E-state index contributed by atoms with van der Waals surface area (Å²) >= 11 is 0. The van der Waals surface area contributed by atoms with Gasteiger partial charge in [-0.2, -0.15) is 0 Å². The molecule has 0 amide bonds. The van der Waals surface area contributed by atoms with Gasteiger partial charge in [-0.1, -0.05) is 13.8 Å². The molecule has 0 heterocycles. The predicted molar refractivity (Wildman–Crippen MR) is 52.8 cm³/mol. The topological polar surface area (TPSA) is 12.0 Å². The first kappa shape index (κ1) is 9.61. The summed E-state index contributed by atoms with van der Waals surface area (Å²) in [4.78, 5) is 0. The van der Waals surface area contributed by atoms with E-state index >= 15 is 0 Å². The SMILES string of the molecule is C#CCCCNCC1CC1(C)C. The number of terminal acetylenes is 1. The van der Waals surface area contributed by atoms with Crippen LogP contribution >= 0.6 is 0 Å². The lowest BCUT2D eigenvalue weighted by Crippen LogP contribution is -2.19. The number of unbranched alkanes of at least 4 members (excludes halogenated alkanes) is 1. The maximum absolute atomic E-state index is 5.15. The number of hydrogen-bond donors (Lipinski definition) is 1. The molecule has 1 rings (SSSR count). The molecule has 1 atom stereocenters. The monoisotopic (exact) mass is 165 g/mol. The second-order valence-corrected chi connectivity index (χ2v) is 4.40. The van der Waals surface area contributed by atoms with Gasteiger partial charge in [-0.25, -0.2) is 0 Å². The zero-order valence-electron chi connectivity index (χ0n) is 8.19. The van der Waals surface area contributed by atoms with Crippen LogP contribution in [0.25, 0.3) is 0 Å². The van der Waals surface area contributed by atoms with Gasteiger partial charge < -0.3 is 5.32 Å². The first-order valence-electron chi connectivity index (χ1n) is 4.81. The minimum Gasteiger partial charge on any atom is -0.316 e. The lowest BCUT2D eigenvalue weighted by molar-refractivity contribution is 0.517. The maximum Gasteiger partial charge on any atom is 0.00981 e. The molecule has 1 fully saturated rings. The van der Waals surface area contributed by atoms with Gasteiger partial charge in [-0.3, -0.25) is 0 Å². The van der Waals surface area contributed by atoms with Crippen LogP contribution in [-0.4, -0.2) is 13.1 Å². The van der Waals surface area contributed by atoms with Crippen molar-refractivity contribution < 1.29 is 0 Å². The van der Waals surface area contributed by atoms with Crippen molar-refractivity contribution in [2.75, 3.05) is 13.1 Å². The number of hydrogen-bond acceptors (Lipinski definition) is 1. The van der Waals surface area contributed by atoms with Gasteiger partial charge in [-0.05, 0) is 37.3 Å². The van der Waals surface area contributed by atoms with E-state index in [1.54, 1.807) is 0 Å². The molecule has 0 bridgehead atoms. The van der Waals surface area contributed by atoms with Crippen molar-refractivity contribution in [3.8, 4) is 12.3 Å². The second kappa shape index (κ2) is 3.96. The van der Waals surface area contributed by atoms with Crippen molar-refractivity contribution in [2.45, 2.75) is 33.1 Å². The van der Waals surface area contributed by atoms with Gasteiger partial charge >= 0.3 is 0 Å². The third kappa shape index (κ3) is 2.87. The van der Waals surface area contributed by atoms with Gasteiger partial charge in [0.1, 0.15) is 0 Å². The van der Waals surface area contributed by atoms with Crippen molar-refractivity contribution in [1.29, 1.82) is 0 Å². The van der Waals surface area contributed by atoms with E-state index in [0.717, 1.165) is 25.3 Å². The maximum atomic E-state index is 5.15. The Balaban J connectivity index is 1.89. The largest absolute Gasteiger partial charge is 0.316 e. The zero-order valence-corrected chi connectivity index (χ0v) is 8.19. The normalized spacial score (nSPS) is 24.9. The highest BCUT2D eigenvalue weighted by Crippen LogP contribution is 2.50. The molecule has 0 aliphatic heterocycles. The second-order valence-electron chi connectivity index (χ2n) is 4.40. The molecular formula is C11H19N. The summed E-state index contributed by atoms with van der Waals surface area (Å²) in [5, 5.41) is 3.44. The van der Waals surface area contributed by atoms with Gasteiger partial charge in [0.2, 0.25) is 0 Å². The Morgan fingerprint density at radius 3 is 2.75 bits per heavy atom.